The summed E-state index contributed by atoms with van der Waals surface area (Å²) < 4.78 is 11.0. The summed E-state index contributed by atoms with van der Waals surface area (Å²) in [5, 5.41) is 0. The zero-order chi connectivity index (χ0) is 14.5. The minimum absolute atomic E-state index is 0.0857. The van der Waals surface area contributed by atoms with Crippen LogP contribution in [0.15, 0.2) is 12.1 Å². The lowest BCUT2D eigenvalue weighted by Crippen LogP contribution is -2.39. The zero-order valence-corrected chi connectivity index (χ0v) is 11.2. The van der Waals surface area contributed by atoms with E-state index in [9.17, 15) is 9.59 Å². The summed E-state index contributed by atoms with van der Waals surface area (Å²) in [6, 6.07) is 3.18. The molecule has 20 heavy (non-hydrogen) atoms. The SMILES string of the molecule is C#CCN1C(=O)COc2c(OCCC)cc(C=O)cc21. The number of hydrogen-bond donors (Lipinski definition) is 0. The molecule has 1 aliphatic heterocycles. The molecule has 0 atom stereocenters. The van der Waals surface area contributed by atoms with Gasteiger partial charge in [-0.1, -0.05) is 12.8 Å². The van der Waals surface area contributed by atoms with E-state index in [2.05, 4.69) is 5.92 Å². The van der Waals surface area contributed by atoms with Crippen molar-refractivity contribution in [2.45, 2.75) is 13.3 Å². The Kier molecular flexibility index (Phi) is 4.26. The molecule has 2 rings (SSSR count). The maximum absolute atomic E-state index is 11.8. The lowest BCUT2D eigenvalue weighted by Gasteiger charge is -2.29. The van der Waals surface area contributed by atoms with E-state index in [0.29, 0.717) is 35.6 Å². The smallest absolute Gasteiger partial charge is 0.265 e. The number of ether oxygens (including phenoxy) is 2. The van der Waals surface area contributed by atoms with Crippen molar-refractivity contribution in [3.8, 4) is 23.8 Å². The van der Waals surface area contributed by atoms with Gasteiger partial charge in [0.2, 0.25) is 0 Å². The van der Waals surface area contributed by atoms with Gasteiger partial charge in [0, 0.05) is 5.56 Å². The second-order valence-electron chi connectivity index (χ2n) is 4.31. The number of benzene rings is 1. The average Bonchev–Trinajstić information content (AvgIpc) is 2.47. The molecule has 104 valence electrons. The molecule has 5 nitrogen and oxygen atoms in total. The number of terminal acetylenes is 1. The first-order chi connectivity index (χ1) is 9.71. The third-order valence-corrected chi connectivity index (χ3v) is 2.84. The summed E-state index contributed by atoms with van der Waals surface area (Å²) >= 11 is 0. The minimum Gasteiger partial charge on any atom is -0.490 e. The minimum atomic E-state index is -0.236. The van der Waals surface area contributed by atoms with Crippen molar-refractivity contribution < 1.29 is 19.1 Å². The summed E-state index contributed by atoms with van der Waals surface area (Å²) in [5.74, 6) is 3.11. The second-order valence-corrected chi connectivity index (χ2v) is 4.31. The summed E-state index contributed by atoms with van der Waals surface area (Å²) in [6.07, 6.45) is 6.81. The Hall–Kier alpha value is -2.48. The van der Waals surface area contributed by atoms with E-state index in [-0.39, 0.29) is 19.1 Å². The molecule has 0 aromatic heterocycles. The molecule has 0 spiro atoms. The van der Waals surface area contributed by atoms with Crippen molar-refractivity contribution in [3.63, 3.8) is 0 Å². The normalized spacial score (nSPS) is 13.2. The van der Waals surface area contributed by atoms with Crippen LogP contribution < -0.4 is 14.4 Å². The highest BCUT2D eigenvalue weighted by atomic mass is 16.5. The van der Waals surface area contributed by atoms with Crippen molar-refractivity contribution >= 4 is 17.9 Å². The molecule has 0 aliphatic carbocycles. The lowest BCUT2D eigenvalue weighted by molar-refractivity contribution is -0.121. The Bertz CT molecular complexity index is 574. The zero-order valence-electron chi connectivity index (χ0n) is 11.2. The van der Waals surface area contributed by atoms with Gasteiger partial charge >= 0.3 is 0 Å². The number of amides is 1. The molecule has 1 amide bonds. The van der Waals surface area contributed by atoms with E-state index in [1.165, 1.54) is 4.90 Å². The molecular weight excluding hydrogens is 258 g/mol. The fourth-order valence-electron chi connectivity index (χ4n) is 1.95. The van der Waals surface area contributed by atoms with Gasteiger partial charge in [-0.3, -0.25) is 14.5 Å². The second kappa shape index (κ2) is 6.11. The van der Waals surface area contributed by atoms with Crippen molar-refractivity contribution in [2.75, 3.05) is 24.7 Å². The topological polar surface area (TPSA) is 55.8 Å². The highest BCUT2D eigenvalue weighted by Crippen LogP contribution is 2.41. The van der Waals surface area contributed by atoms with Gasteiger partial charge in [-0.2, -0.15) is 0 Å². The number of aldehydes is 1. The van der Waals surface area contributed by atoms with Crippen molar-refractivity contribution in [1.29, 1.82) is 0 Å². The van der Waals surface area contributed by atoms with Crippen LogP contribution in [0.1, 0.15) is 23.7 Å². The van der Waals surface area contributed by atoms with Gasteiger partial charge in [-0.05, 0) is 18.6 Å². The predicted octanol–water partition coefficient (Wildman–Crippen LogP) is 1.65. The van der Waals surface area contributed by atoms with E-state index in [1.54, 1.807) is 12.1 Å². The molecule has 0 N–H and O–H groups in total. The molecule has 0 fully saturated rings. The number of hydrogen-bond acceptors (Lipinski definition) is 4. The van der Waals surface area contributed by atoms with Crippen LogP contribution in [-0.2, 0) is 4.79 Å². The average molecular weight is 273 g/mol. The maximum atomic E-state index is 11.8. The predicted molar refractivity (Wildman–Crippen MR) is 74.3 cm³/mol. The first-order valence-corrected chi connectivity index (χ1v) is 6.34. The molecule has 0 radical (unpaired) electrons. The molecule has 5 heteroatoms. The van der Waals surface area contributed by atoms with Crippen molar-refractivity contribution in [1.82, 2.24) is 0 Å². The van der Waals surface area contributed by atoms with E-state index in [0.717, 1.165) is 6.42 Å². The molecule has 0 bridgehead atoms. The van der Waals surface area contributed by atoms with Gasteiger partial charge < -0.3 is 9.47 Å². The number of rotatable bonds is 5. The van der Waals surface area contributed by atoms with Gasteiger partial charge in [-0.25, -0.2) is 0 Å². The summed E-state index contributed by atoms with van der Waals surface area (Å²) in [6.45, 7) is 2.52. The first kappa shape index (κ1) is 13.9. The van der Waals surface area contributed by atoms with Gasteiger partial charge in [0.05, 0.1) is 18.8 Å². The van der Waals surface area contributed by atoms with Crippen LogP contribution in [0.2, 0.25) is 0 Å². The molecule has 0 saturated heterocycles. The van der Waals surface area contributed by atoms with Crippen LogP contribution in [0.5, 0.6) is 11.5 Å². The van der Waals surface area contributed by atoms with Gasteiger partial charge in [0.15, 0.2) is 18.1 Å². The molecular formula is C15H15NO4. The number of carbonyl (C=O) groups is 2. The van der Waals surface area contributed by atoms with Crippen molar-refractivity contribution in [2.24, 2.45) is 0 Å². The van der Waals surface area contributed by atoms with E-state index in [4.69, 9.17) is 15.9 Å². The molecule has 1 aliphatic rings. The van der Waals surface area contributed by atoms with Gasteiger partial charge in [-0.15, -0.1) is 6.42 Å². The summed E-state index contributed by atoms with van der Waals surface area (Å²) in [4.78, 5) is 24.3. The molecule has 1 aromatic carbocycles. The number of nitrogens with zero attached hydrogens (tertiary/aromatic N) is 1. The summed E-state index contributed by atoms with van der Waals surface area (Å²) in [7, 11) is 0. The summed E-state index contributed by atoms with van der Waals surface area (Å²) in [5.41, 5.74) is 0.894. The third kappa shape index (κ3) is 2.59. The van der Waals surface area contributed by atoms with Crippen LogP contribution in [0, 0.1) is 12.3 Å². The molecule has 1 heterocycles. The van der Waals surface area contributed by atoms with Crippen LogP contribution in [-0.4, -0.2) is 32.0 Å². The number of carbonyl (C=O) groups excluding carboxylic acids is 2. The Morgan fingerprint density at radius 2 is 2.35 bits per heavy atom. The first-order valence-electron chi connectivity index (χ1n) is 6.34. The quantitative estimate of drug-likeness (QED) is 0.604. The fraction of sp³-hybridized carbons (Fsp3) is 0.333. The maximum Gasteiger partial charge on any atom is 0.265 e. The molecule has 1 aromatic rings. The van der Waals surface area contributed by atoms with Crippen LogP contribution in [0.4, 0.5) is 5.69 Å². The Balaban J connectivity index is 2.49. The van der Waals surface area contributed by atoms with Crippen LogP contribution in [0.25, 0.3) is 0 Å². The Morgan fingerprint density at radius 1 is 1.55 bits per heavy atom. The largest absolute Gasteiger partial charge is 0.490 e. The van der Waals surface area contributed by atoms with Gasteiger partial charge in [0.25, 0.3) is 5.91 Å². The highest BCUT2D eigenvalue weighted by molar-refractivity contribution is 6.00. The Morgan fingerprint density at radius 3 is 3.00 bits per heavy atom. The lowest BCUT2D eigenvalue weighted by atomic mass is 10.1. The number of anilines is 1. The fourth-order valence-corrected chi connectivity index (χ4v) is 1.95. The van der Waals surface area contributed by atoms with Crippen molar-refractivity contribution in [3.05, 3.63) is 17.7 Å². The van der Waals surface area contributed by atoms with Gasteiger partial charge in [0.1, 0.15) is 6.29 Å². The van der Waals surface area contributed by atoms with E-state index >= 15 is 0 Å². The third-order valence-electron chi connectivity index (χ3n) is 2.84. The van der Waals surface area contributed by atoms with Crippen LogP contribution in [0.3, 0.4) is 0 Å². The molecule has 0 saturated carbocycles. The monoisotopic (exact) mass is 273 g/mol. The Labute approximate surface area is 117 Å². The highest BCUT2D eigenvalue weighted by Gasteiger charge is 2.28. The van der Waals surface area contributed by atoms with E-state index < -0.39 is 0 Å². The standard InChI is InChI=1S/C15H15NO4/c1-3-5-16-12-7-11(9-17)8-13(19-6-4-2)15(12)20-10-14(16)18/h1,7-9H,4-6,10H2,2H3. The van der Waals surface area contributed by atoms with Crippen LogP contribution >= 0.6 is 0 Å². The number of fused-ring (bicyclic) bond motifs is 1. The molecule has 0 unspecified atom stereocenters. The van der Waals surface area contributed by atoms with E-state index in [1.807, 2.05) is 6.92 Å².